The van der Waals surface area contributed by atoms with Gasteiger partial charge in [0, 0.05) is 0 Å². The van der Waals surface area contributed by atoms with Crippen LogP contribution in [0.2, 0.25) is 5.02 Å². The summed E-state index contributed by atoms with van der Waals surface area (Å²) in [6.07, 6.45) is 0. The molecule has 0 bridgehead atoms. The van der Waals surface area contributed by atoms with E-state index in [4.69, 9.17) is 16.0 Å². The highest BCUT2D eigenvalue weighted by molar-refractivity contribution is 9.13. The highest BCUT2D eigenvalue weighted by atomic mass is 79.9. The highest BCUT2D eigenvalue weighted by Gasteiger charge is 2.07. The molecule has 0 spiro atoms. The Kier molecular flexibility index (Phi) is 4.12. The third kappa shape index (κ3) is 3.24. The van der Waals surface area contributed by atoms with E-state index in [1.165, 1.54) is 18.2 Å². The molecule has 1 N–H and O–H groups in total. The molecule has 0 fully saturated rings. The molecule has 0 atom stereocenters. The lowest BCUT2D eigenvalue weighted by Gasteiger charge is -2.06. The molecule has 2 nitrogen and oxygen atoms in total. The Morgan fingerprint density at radius 1 is 1.29 bits per heavy atom. The maximum atomic E-state index is 13.0. The minimum absolute atomic E-state index is 0.335. The van der Waals surface area contributed by atoms with E-state index in [0.29, 0.717) is 27.7 Å². The van der Waals surface area contributed by atoms with Crippen LogP contribution in [0.3, 0.4) is 0 Å². The van der Waals surface area contributed by atoms with Crippen LogP contribution in [0.4, 0.5) is 10.1 Å². The zero-order valence-corrected chi connectivity index (χ0v) is 12.4. The number of furan rings is 1. The minimum atomic E-state index is -0.335. The molecule has 0 amide bonds. The summed E-state index contributed by atoms with van der Waals surface area (Å²) in [7, 11) is 0. The Bertz CT molecular complexity index is 525. The molecule has 0 aliphatic heterocycles. The number of hydrogen-bond acceptors (Lipinski definition) is 2. The standard InChI is InChI=1S/C11H7Br2ClFNO/c12-8-4-7(17-11(8)13)5-16-10-3-6(15)1-2-9(10)14/h1-4,16H,5H2. The van der Waals surface area contributed by atoms with Crippen LogP contribution < -0.4 is 5.32 Å². The van der Waals surface area contributed by atoms with Crippen LogP contribution in [-0.2, 0) is 6.54 Å². The summed E-state index contributed by atoms with van der Waals surface area (Å²) in [6, 6.07) is 5.99. The molecule has 1 aromatic heterocycles. The van der Waals surface area contributed by atoms with Gasteiger partial charge in [-0.1, -0.05) is 11.6 Å². The first-order chi connectivity index (χ1) is 8.06. The predicted octanol–water partition coefficient (Wildman–Crippen LogP) is 5.21. The zero-order chi connectivity index (χ0) is 12.4. The van der Waals surface area contributed by atoms with E-state index in [0.717, 1.165) is 4.47 Å². The van der Waals surface area contributed by atoms with Gasteiger partial charge in [0.1, 0.15) is 11.6 Å². The van der Waals surface area contributed by atoms with Crippen molar-refractivity contribution < 1.29 is 8.81 Å². The van der Waals surface area contributed by atoms with Crippen LogP contribution in [0.25, 0.3) is 0 Å². The van der Waals surface area contributed by atoms with Crippen molar-refractivity contribution >= 4 is 49.1 Å². The van der Waals surface area contributed by atoms with Crippen molar-refractivity contribution in [2.24, 2.45) is 0 Å². The van der Waals surface area contributed by atoms with E-state index < -0.39 is 0 Å². The first-order valence-electron chi connectivity index (χ1n) is 4.69. The van der Waals surface area contributed by atoms with Gasteiger partial charge in [-0.25, -0.2) is 4.39 Å². The topological polar surface area (TPSA) is 25.2 Å². The molecule has 0 saturated heterocycles. The molecule has 1 heterocycles. The number of rotatable bonds is 3. The summed E-state index contributed by atoms with van der Waals surface area (Å²) in [4.78, 5) is 0. The second-order valence-electron chi connectivity index (χ2n) is 3.31. The van der Waals surface area contributed by atoms with Crippen molar-refractivity contribution in [3.8, 4) is 0 Å². The predicted molar refractivity (Wildman–Crippen MR) is 72.8 cm³/mol. The largest absolute Gasteiger partial charge is 0.451 e. The summed E-state index contributed by atoms with van der Waals surface area (Å²) >= 11 is 12.5. The molecule has 0 unspecified atom stereocenters. The van der Waals surface area contributed by atoms with Crippen LogP contribution in [-0.4, -0.2) is 0 Å². The van der Waals surface area contributed by atoms with Crippen molar-refractivity contribution in [1.82, 2.24) is 0 Å². The van der Waals surface area contributed by atoms with Crippen LogP contribution in [0.5, 0.6) is 0 Å². The molecule has 0 aliphatic carbocycles. The monoisotopic (exact) mass is 381 g/mol. The van der Waals surface area contributed by atoms with Crippen molar-refractivity contribution in [3.63, 3.8) is 0 Å². The third-order valence-corrected chi connectivity index (χ3v) is 4.12. The van der Waals surface area contributed by atoms with Gasteiger partial charge in [0.15, 0.2) is 4.67 Å². The van der Waals surface area contributed by atoms with Crippen LogP contribution in [0, 0.1) is 5.82 Å². The molecular formula is C11H7Br2ClFNO. The molecule has 0 aliphatic rings. The van der Waals surface area contributed by atoms with Crippen LogP contribution in [0.1, 0.15) is 5.76 Å². The first-order valence-corrected chi connectivity index (χ1v) is 6.65. The van der Waals surface area contributed by atoms with Gasteiger partial charge in [-0.2, -0.15) is 0 Å². The van der Waals surface area contributed by atoms with Gasteiger partial charge in [-0.05, 0) is 56.1 Å². The quantitative estimate of drug-likeness (QED) is 0.787. The van der Waals surface area contributed by atoms with E-state index in [1.807, 2.05) is 6.07 Å². The fourth-order valence-electron chi connectivity index (χ4n) is 1.29. The molecule has 0 saturated carbocycles. The fourth-order valence-corrected chi connectivity index (χ4v) is 2.14. The van der Waals surface area contributed by atoms with Gasteiger partial charge in [0.05, 0.1) is 21.7 Å². The summed E-state index contributed by atoms with van der Waals surface area (Å²) in [5, 5.41) is 3.47. The molecule has 90 valence electrons. The number of halogens is 4. The Balaban J connectivity index is 2.09. The maximum Gasteiger partial charge on any atom is 0.183 e. The smallest absolute Gasteiger partial charge is 0.183 e. The average Bonchev–Trinajstić information content (AvgIpc) is 2.60. The highest BCUT2D eigenvalue weighted by Crippen LogP contribution is 2.28. The van der Waals surface area contributed by atoms with Crippen LogP contribution in [0.15, 0.2) is 37.8 Å². The Morgan fingerprint density at radius 3 is 2.71 bits per heavy atom. The van der Waals surface area contributed by atoms with Gasteiger partial charge >= 0.3 is 0 Å². The van der Waals surface area contributed by atoms with Crippen molar-refractivity contribution in [1.29, 1.82) is 0 Å². The molecule has 2 rings (SSSR count). The van der Waals surface area contributed by atoms with Crippen molar-refractivity contribution in [3.05, 3.63) is 50.0 Å². The van der Waals surface area contributed by atoms with Crippen molar-refractivity contribution in [2.75, 3.05) is 5.32 Å². The van der Waals surface area contributed by atoms with Gasteiger partial charge in [-0.3, -0.25) is 0 Å². The second-order valence-corrected chi connectivity index (χ2v) is 5.29. The Morgan fingerprint density at radius 2 is 2.06 bits per heavy atom. The molecule has 0 radical (unpaired) electrons. The van der Waals surface area contributed by atoms with Crippen molar-refractivity contribution in [2.45, 2.75) is 6.54 Å². The summed E-state index contributed by atoms with van der Waals surface area (Å²) in [5.41, 5.74) is 0.537. The fraction of sp³-hybridized carbons (Fsp3) is 0.0909. The summed E-state index contributed by atoms with van der Waals surface area (Å²) in [6.45, 7) is 0.424. The number of benzene rings is 1. The summed E-state index contributed by atoms with van der Waals surface area (Å²) < 4.78 is 19.8. The molecule has 17 heavy (non-hydrogen) atoms. The first kappa shape index (κ1) is 12.9. The normalized spacial score (nSPS) is 10.6. The zero-order valence-electron chi connectivity index (χ0n) is 8.44. The molecule has 1 aromatic carbocycles. The number of anilines is 1. The van der Waals surface area contributed by atoms with Gasteiger partial charge in [-0.15, -0.1) is 0 Å². The van der Waals surface area contributed by atoms with E-state index in [-0.39, 0.29) is 5.82 Å². The average molecular weight is 383 g/mol. The van der Waals surface area contributed by atoms with E-state index in [9.17, 15) is 4.39 Å². The van der Waals surface area contributed by atoms with E-state index >= 15 is 0 Å². The van der Waals surface area contributed by atoms with Crippen LogP contribution >= 0.6 is 43.5 Å². The Labute approximate surface area is 119 Å². The van der Waals surface area contributed by atoms with E-state index in [2.05, 4.69) is 37.2 Å². The SMILES string of the molecule is Fc1ccc(Cl)c(NCc2cc(Br)c(Br)o2)c1. The minimum Gasteiger partial charge on any atom is -0.451 e. The molecule has 2 aromatic rings. The lowest BCUT2D eigenvalue weighted by molar-refractivity contribution is 0.494. The Hall–Kier alpha value is -0.520. The van der Waals surface area contributed by atoms with Gasteiger partial charge < -0.3 is 9.73 Å². The van der Waals surface area contributed by atoms with E-state index in [1.54, 1.807) is 0 Å². The molecule has 6 heteroatoms. The summed E-state index contributed by atoms with van der Waals surface area (Å²) in [5.74, 6) is 0.378. The van der Waals surface area contributed by atoms with Gasteiger partial charge in [0.2, 0.25) is 0 Å². The third-order valence-electron chi connectivity index (χ3n) is 2.08. The number of nitrogens with one attached hydrogen (secondary N) is 1. The lowest BCUT2D eigenvalue weighted by Crippen LogP contribution is -1.99. The number of hydrogen-bond donors (Lipinski definition) is 1. The second kappa shape index (κ2) is 5.42. The van der Waals surface area contributed by atoms with Gasteiger partial charge in [0.25, 0.3) is 0 Å². The maximum absolute atomic E-state index is 13.0. The molecular weight excluding hydrogens is 376 g/mol. The lowest BCUT2D eigenvalue weighted by atomic mass is 10.3.